The van der Waals surface area contributed by atoms with Crippen LogP contribution in [0.15, 0.2) is 30.3 Å². The Kier molecular flexibility index (Phi) is 6.14. The maximum absolute atomic E-state index is 9.35. The van der Waals surface area contributed by atoms with E-state index in [1.165, 1.54) is 0 Å². The second-order valence-electron chi connectivity index (χ2n) is 3.01. The summed E-state index contributed by atoms with van der Waals surface area (Å²) in [7, 11) is 1.10. The predicted octanol–water partition coefficient (Wildman–Crippen LogP) is 1.54. The molecule has 1 aromatic carbocycles. The van der Waals surface area contributed by atoms with Crippen molar-refractivity contribution in [2.24, 2.45) is 0 Å². The summed E-state index contributed by atoms with van der Waals surface area (Å²) in [5.41, 5.74) is 0.544. The second kappa shape index (κ2) is 6.81. The Morgan fingerprint density at radius 3 is 2.06 bits per heavy atom. The predicted molar refractivity (Wildman–Crippen MR) is 57.9 cm³/mol. The van der Waals surface area contributed by atoms with Crippen LogP contribution in [0.25, 0.3) is 0 Å². The van der Waals surface area contributed by atoms with Crippen molar-refractivity contribution < 1.29 is 24.9 Å². The Hall–Kier alpha value is -1.59. The number of hydrogen-bond donors (Lipinski definition) is 3. The van der Waals surface area contributed by atoms with E-state index in [1.54, 1.807) is 31.2 Å². The molecule has 5 nitrogen and oxygen atoms in total. The van der Waals surface area contributed by atoms with Crippen molar-refractivity contribution >= 4 is 6.16 Å². The minimum absolute atomic E-state index is 0.303. The van der Waals surface area contributed by atoms with E-state index in [0.29, 0.717) is 12.0 Å². The lowest BCUT2D eigenvalue weighted by Crippen LogP contribution is -2.23. The molecular weight excluding hydrogens is 212 g/mol. The molecule has 1 rings (SSSR count). The molecule has 0 unspecified atom stereocenters. The van der Waals surface area contributed by atoms with Crippen LogP contribution in [-0.4, -0.2) is 28.6 Å². The van der Waals surface area contributed by atoms with Gasteiger partial charge in [0.05, 0.1) is 7.11 Å². The number of methoxy groups -OCH3 is 1. The molecule has 0 radical (unpaired) electrons. The summed E-state index contributed by atoms with van der Waals surface area (Å²) in [4.78, 5) is 9.15. The summed E-state index contributed by atoms with van der Waals surface area (Å²) in [6, 6.07) is 8.81. The quantitative estimate of drug-likeness (QED) is 0.528. The summed E-state index contributed by atoms with van der Waals surface area (Å²) in [6.07, 6.45) is -0.943. The fourth-order valence-electron chi connectivity index (χ4n) is 0.909. The van der Waals surface area contributed by atoms with Crippen LogP contribution >= 0.6 is 0 Å². The molecule has 5 heteroatoms. The highest BCUT2D eigenvalue weighted by Gasteiger charge is 2.21. The lowest BCUT2D eigenvalue weighted by molar-refractivity contribution is -0.171. The van der Waals surface area contributed by atoms with Crippen LogP contribution in [0.3, 0.4) is 0 Å². The van der Waals surface area contributed by atoms with Crippen molar-refractivity contribution in [1.29, 1.82) is 0 Å². The van der Waals surface area contributed by atoms with Crippen molar-refractivity contribution in [2.75, 3.05) is 7.11 Å². The van der Waals surface area contributed by atoms with Crippen LogP contribution in [0.1, 0.15) is 18.9 Å². The second-order valence-corrected chi connectivity index (χ2v) is 3.01. The van der Waals surface area contributed by atoms with E-state index in [9.17, 15) is 10.2 Å². The van der Waals surface area contributed by atoms with Gasteiger partial charge in [0, 0.05) is 12.0 Å². The molecule has 0 bridgehead atoms. The molecule has 0 heterocycles. The van der Waals surface area contributed by atoms with E-state index in [0.717, 1.165) is 7.11 Å². The lowest BCUT2D eigenvalue weighted by Gasteiger charge is -2.19. The first-order chi connectivity index (χ1) is 7.44. The molecule has 0 aliphatic rings. The van der Waals surface area contributed by atoms with E-state index < -0.39 is 11.9 Å². The average Bonchev–Trinajstić information content (AvgIpc) is 2.31. The fourth-order valence-corrected chi connectivity index (χ4v) is 0.909. The minimum Gasteiger partial charge on any atom is -0.450 e. The average molecular weight is 228 g/mol. The van der Waals surface area contributed by atoms with Gasteiger partial charge in [0.2, 0.25) is 0 Å². The van der Waals surface area contributed by atoms with Crippen LogP contribution in [0, 0.1) is 0 Å². The number of carboxylic acid groups (broad SMARTS) is 1. The number of aliphatic hydroxyl groups is 2. The van der Waals surface area contributed by atoms with Crippen LogP contribution in [0.4, 0.5) is 4.79 Å². The third-order valence-corrected chi connectivity index (χ3v) is 1.90. The summed E-state index contributed by atoms with van der Waals surface area (Å²) < 4.78 is 3.67. The van der Waals surface area contributed by atoms with Gasteiger partial charge in [0.25, 0.3) is 0 Å². The third kappa shape index (κ3) is 5.33. The van der Waals surface area contributed by atoms with Crippen LogP contribution in [0.5, 0.6) is 0 Å². The standard InChI is InChI=1S/C9H12O2.C2H4O3/c1-2-9(10,11)8-6-4-3-5-7-8;1-5-2(3)4/h3-7,10-11H,2H2,1H3;1H3,(H,3,4). The normalized spacial score (nSPS) is 10.0. The van der Waals surface area contributed by atoms with E-state index in [4.69, 9.17) is 9.90 Å². The largest absolute Gasteiger partial charge is 0.505 e. The maximum atomic E-state index is 9.35. The van der Waals surface area contributed by atoms with Gasteiger partial charge in [-0.3, -0.25) is 0 Å². The molecule has 0 saturated heterocycles. The smallest absolute Gasteiger partial charge is 0.450 e. The molecule has 0 amide bonds. The highest BCUT2D eigenvalue weighted by molar-refractivity contribution is 5.56. The van der Waals surface area contributed by atoms with Gasteiger partial charge in [0.1, 0.15) is 0 Å². The number of benzene rings is 1. The molecule has 0 spiro atoms. The summed E-state index contributed by atoms with van der Waals surface area (Å²) in [6.45, 7) is 1.73. The van der Waals surface area contributed by atoms with E-state index in [2.05, 4.69) is 4.74 Å². The molecule has 16 heavy (non-hydrogen) atoms. The molecule has 3 N–H and O–H groups in total. The van der Waals surface area contributed by atoms with Gasteiger partial charge in [-0.1, -0.05) is 37.3 Å². The van der Waals surface area contributed by atoms with Gasteiger partial charge in [-0.05, 0) is 0 Å². The molecule has 1 aromatic rings. The van der Waals surface area contributed by atoms with Crippen molar-refractivity contribution in [2.45, 2.75) is 19.1 Å². The summed E-state index contributed by atoms with van der Waals surface area (Å²) in [5, 5.41) is 26.2. The Balaban J connectivity index is 0.000000385. The first-order valence-corrected chi connectivity index (χ1v) is 4.71. The number of hydrogen-bond acceptors (Lipinski definition) is 4. The van der Waals surface area contributed by atoms with Crippen LogP contribution in [-0.2, 0) is 10.5 Å². The Bertz CT molecular complexity index is 307. The molecule has 0 aromatic heterocycles. The van der Waals surface area contributed by atoms with Crippen molar-refractivity contribution in [3.8, 4) is 0 Å². The first kappa shape index (κ1) is 14.4. The summed E-state index contributed by atoms with van der Waals surface area (Å²) >= 11 is 0. The number of rotatable bonds is 2. The van der Waals surface area contributed by atoms with Crippen LogP contribution < -0.4 is 0 Å². The third-order valence-electron chi connectivity index (χ3n) is 1.90. The molecule has 0 atom stereocenters. The number of ether oxygens (including phenoxy) is 1. The molecule has 0 aliphatic carbocycles. The molecule has 0 aliphatic heterocycles. The highest BCUT2D eigenvalue weighted by atomic mass is 16.6. The van der Waals surface area contributed by atoms with Gasteiger partial charge in [-0.15, -0.1) is 0 Å². The molecule has 90 valence electrons. The topological polar surface area (TPSA) is 87.0 Å². The van der Waals surface area contributed by atoms with Crippen LogP contribution in [0.2, 0.25) is 0 Å². The molecular formula is C11H16O5. The van der Waals surface area contributed by atoms with Gasteiger partial charge in [0.15, 0.2) is 5.79 Å². The summed E-state index contributed by atoms with van der Waals surface area (Å²) in [5.74, 6) is -1.67. The molecule has 0 fully saturated rings. The number of carbonyl (C=O) groups is 1. The van der Waals surface area contributed by atoms with Gasteiger partial charge >= 0.3 is 6.16 Å². The Morgan fingerprint density at radius 2 is 1.75 bits per heavy atom. The zero-order valence-electron chi connectivity index (χ0n) is 9.25. The minimum atomic E-state index is -1.67. The first-order valence-electron chi connectivity index (χ1n) is 4.71. The zero-order valence-corrected chi connectivity index (χ0v) is 9.25. The SMILES string of the molecule is CCC(O)(O)c1ccccc1.COC(=O)O. The van der Waals surface area contributed by atoms with E-state index in [-0.39, 0.29) is 0 Å². The fraction of sp³-hybridized carbons (Fsp3) is 0.364. The molecule has 0 saturated carbocycles. The van der Waals surface area contributed by atoms with E-state index in [1.807, 2.05) is 6.07 Å². The van der Waals surface area contributed by atoms with Crippen molar-refractivity contribution in [1.82, 2.24) is 0 Å². The van der Waals surface area contributed by atoms with Gasteiger partial charge in [-0.2, -0.15) is 0 Å². The Morgan fingerprint density at radius 1 is 1.31 bits per heavy atom. The van der Waals surface area contributed by atoms with Crippen molar-refractivity contribution in [3.05, 3.63) is 35.9 Å². The van der Waals surface area contributed by atoms with E-state index >= 15 is 0 Å². The Labute approximate surface area is 93.9 Å². The lowest BCUT2D eigenvalue weighted by atomic mass is 10.0. The van der Waals surface area contributed by atoms with Gasteiger partial charge in [-0.25, -0.2) is 4.79 Å². The van der Waals surface area contributed by atoms with Crippen molar-refractivity contribution in [3.63, 3.8) is 0 Å². The maximum Gasteiger partial charge on any atom is 0.505 e. The monoisotopic (exact) mass is 228 g/mol. The highest BCUT2D eigenvalue weighted by Crippen LogP contribution is 2.20. The van der Waals surface area contributed by atoms with Gasteiger partial charge < -0.3 is 20.1 Å². The zero-order chi connectivity index (χ0) is 12.6.